The maximum absolute atomic E-state index is 12.0. The molecule has 0 bridgehead atoms. The lowest BCUT2D eigenvalue weighted by Gasteiger charge is -2.29. The number of hydrogen-bond acceptors (Lipinski definition) is 6. The van der Waals surface area contributed by atoms with E-state index in [-0.39, 0.29) is 25.7 Å². The van der Waals surface area contributed by atoms with Gasteiger partial charge in [0, 0.05) is 31.0 Å². The zero-order valence-corrected chi connectivity index (χ0v) is 13.6. The Morgan fingerprint density at radius 1 is 1.48 bits per heavy atom. The lowest BCUT2D eigenvalue weighted by molar-refractivity contribution is -0.121. The molecule has 1 aliphatic heterocycles. The number of nitrogens with zero attached hydrogens (tertiary/aromatic N) is 2. The van der Waals surface area contributed by atoms with Gasteiger partial charge in [0.15, 0.2) is 6.61 Å². The van der Waals surface area contributed by atoms with Gasteiger partial charge in [-0.15, -0.1) is 11.3 Å². The molecule has 1 N–H and O–H groups in total. The minimum Gasteiger partial charge on any atom is -0.482 e. The summed E-state index contributed by atoms with van der Waals surface area (Å²) in [4.78, 5) is 18.1. The monoisotopic (exact) mass is 334 g/mol. The molecule has 3 rings (SSSR count). The van der Waals surface area contributed by atoms with Crippen molar-refractivity contribution in [3.63, 3.8) is 0 Å². The van der Waals surface area contributed by atoms with Crippen molar-refractivity contribution in [2.24, 2.45) is 0 Å². The number of aromatic nitrogens is 1. The molecule has 7 heteroatoms. The Bertz CT molecular complexity index is 701. The van der Waals surface area contributed by atoms with E-state index < -0.39 is 0 Å². The third kappa shape index (κ3) is 3.36. The molecule has 2 aromatic rings. The lowest BCUT2D eigenvalue weighted by Crippen LogP contribution is -2.40. The van der Waals surface area contributed by atoms with Crippen molar-refractivity contribution in [3.8, 4) is 17.0 Å². The zero-order chi connectivity index (χ0) is 16.2. The molecular weight excluding hydrogens is 316 g/mol. The standard InChI is InChI=1S/C16H18N2O4S/c1-21-7-4-15-17-12(10-23-15)11-2-3-14-13(8-11)18(5-6-19)16(20)9-22-14/h2-3,8,10,19H,4-7,9H2,1H3. The maximum Gasteiger partial charge on any atom is 0.265 e. The van der Waals surface area contributed by atoms with E-state index in [0.717, 1.165) is 22.7 Å². The van der Waals surface area contributed by atoms with Crippen LogP contribution < -0.4 is 9.64 Å². The molecule has 1 amide bonds. The number of hydrogen-bond donors (Lipinski definition) is 1. The summed E-state index contributed by atoms with van der Waals surface area (Å²) in [6, 6.07) is 5.66. The highest BCUT2D eigenvalue weighted by atomic mass is 32.1. The summed E-state index contributed by atoms with van der Waals surface area (Å²) in [7, 11) is 1.67. The largest absolute Gasteiger partial charge is 0.482 e. The lowest BCUT2D eigenvalue weighted by atomic mass is 10.1. The minimum atomic E-state index is -0.150. The SMILES string of the molecule is COCCc1nc(-c2ccc3c(c2)N(CCO)C(=O)CO3)cs1. The molecule has 23 heavy (non-hydrogen) atoms. The molecule has 0 unspecified atom stereocenters. The Morgan fingerprint density at radius 3 is 3.13 bits per heavy atom. The third-order valence-electron chi connectivity index (χ3n) is 3.59. The van der Waals surface area contributed by atoms with Crippen LogP contribution in [0.3, 0.4) is 0 Å². The molecule has 2 heterocycles. The molecule has 122 valence electrons. The second kappa shape index (κ2) is 7.08. The summed E-state index contributed by atoms with van der Waals surface area (Å²) < 4.78 is 10.5. The van der Waals surface area contributed by atoms with Gasteiger partial charge < -0.3 is 19.5 Å². The van der Waals surface area contributed by atoms with Crippen LogP contribution in [0.25, 0.3) is 11.3 Å². The van der Waals surface area contributed by atoms with E-state index >= 15 is 0 Å². The van der Waals surface area contributed by atoms with Gasteiger partial charge in [-0.25, -0.2) is 4.98 Å². The Morgan fingerprint density at radius 2 is 2.35 bits per heavy atom. The number of rotatable bonds is 6. The van der Waals surface area contributed by atoms with Gasteiger partial charge in [0.1, 0.15) is 5.75 Å². The van der Waals surface area contributed by atoms with Crippen LogP contribution in [-0.4, -0.2) is 49.5 Å². The molecule has 0 aliphatic carbocycles. The van der Waals surface area contributed by atoms with Gasteiger partial charge in [-0.3, -0.25) is 4.79 Å². The zero-order valence-electron chi connectivity index (χ0n) is 12.8. The van der Waals surface area contributed by atoms with Crippen LogP contribution in [0.1, 0.15) is 5.01 Å². The molecule has 0 saturated carbocycles. The highest BCUT2D eigenvalue weighted by Crippen LogP contribution is 2.36. The number of anilines is 1. The first-order valence-corrected chi connectivity index (χ1v) is 8.22. The van der Waals surface area contributed by atoms with Gasteiger partial charge >= 0.3 is 0 Å². The molecule has 0 spiro atoms. The van der Waals surface area contributed by atoms with Crippen LogP contribution in [0.15, 0.2) is 23.6 Å². The Balaban J connectivity index is 1.90. The number of fused-ring (bicyclic) bond motifs is 1. The number of carbonyl (C=O) groups is 1. The van der Waals surface area contributed by atoms with Gasteiger partial charge in [0.05, 0.1) is 29.6 Å². The summed E-state index contributed by atoms with van der Waals surface area (Å²) >= 11 is 1.59. The van der Waals surface area contributed by atoms with E-state index in [4.69, 9.17) is 9.47 Å². The Hall–Kier alpha value is -1.96. The molecule has 1 aromatic carbocycles. The van der Waals surface area contributed by atoms with Crippen LogP contribution in [0.2, 0.25) is 0 Å². The summed E-state index contributed by atoms with van der Waals surface area (Å²) in [6.45, 7) is 0.816. The molecule has 1 aromatic heterocycles. The summed E-state index contributed by atoms with van der Waals surface area (Å²) in [5.41, 5.74) is 2.47. The highest BCUT2D eigenvalue weighted by Gasteiger charge is 2.25. The predicted octanol–water partition coefficient (Wildman–Crippen LogP) is 1.72. The van der Waals surface area contributed by atoms with Crippen molar-refractivity contribution >= 4 is 22.9 Å². The number of methoxy groups -OCH3 is 1. The summed E-state index contributed by atoms with van der Waals surface area (Å²) in [5.74, 6) is 0.499. The van der Waals surface area contributed by atoms with Crippen molar-refractivity contribution in [1.82, 2.24) is 4.98 Å². The molecule has 0 fully saturated rings. The van der Waals surface area contributed by atoms with Gasteiger partial charge in [0.2, 0.25) is 0 Å². The van der Waals surface area contributed by atoms with Crippen molar-refractivity contribution in [2.45, 2.75) is 6.42 Å². The van der Waals surface area contributed by atoms with E-state index in [1.54, 1.807) is 23.3 Å². The number of thiazole rings is 1. The number of amides is 1. The van der Waals surface area contributed by atoms with E-state index in [1.807, 2.05) is 23.6 Å². The maximum atomic E-state index is 12.0. The molecule has 0 atom stereocenters. The van der Waals surface area contributed by atoms with Crippen molar-refractivity contribution in [2.75, 3.05) is 38.4 Å². The van der Waals surface area contributed by atoms with Crippen LogP contribution in [0.5, 0.6) is 5.75 Å². The van der Waals surface area contributed by atoms with Crippen LogP contribution in [0.4, 0.5) is 5.69 Å². The van der Waals surface area contributed by atoms with E-state index in [9.17, 15) is 9.90 Å². The number of aliphatic hydroxyl groups is 1. The van der Waals surface area contributed by atoms with Crippen LogP contribution in [0, 0.1) is 0 Å². The first-order chi connectivity index (χ1) is 11.2. The quantitative estimate of drug-likeness (QED) is 0.871. The van der Waals surface area contributed by atoms with Gasteiger partial charge in [0.25, 0.3) is 5.91 Å². The van der Waals surface area contributed by atoms with Gasteiger partial charge in [-0.05, 0) is 18.2 Å². The average Bonchev–Trinajstić information content (AvgIpc) is 3.04. The number of aliphatic hydroxyl groups excluding tert-OH is 1. The highest BCUT2D eigenvalue weighted by molar-refractivity contribution is 7.09. The van der Waals surface area contributed by atoms with Crippen molar-refractivity contribution in [3.05, 3.63) is 28.6 Å². The second-order valence-electron chi connectivity index (χ2n) is 5.11. The normalized spacial score (nSPS) is 13.8. The fraction of sp³-hybridized carbons (Fsp3) is 0.375. The Kier molecular flexibility index (Phi) is 4.90. The summed E-state index contributed by atoms with van der Waals surface area (Å²) in [6.07, 6.45) is 0.782. The first kappa shape index (κ1) is 15.9. The molecule has 6 nitrogen and oxygen atoms in total. The molecular formula is C16H18N2O4S. The molecule has 1 aliphatic rings. The second-order valence-corrected chi connectivity index (χ2v) is 6.05. The Labute approximate surface area is 138 Å². The predicted molar refractivity (Wildman–Crippen MR) is 88.1 cm³/mol. The van der Waals surface area contributed by atoms with Crippen LogP contribution in [-0.2, 0) is 16.0 Å². The molecule has 0 radical (unpaired) electrons. The van der Waals surface area contributed by atoms with Gasteiger partial charge in [-0.1, -0.05) is 0 Å². The summed E-state index contributed by atoms with van der Waals surface area (Å²) in [5, 5.41) is 12.2. The first-order valence-electron chi connectivity index (χ1n) is 7.34. The van der Waals surface area contributed by atoms with E-state index in [0.29, 0.717) is 18.0 Å². The minimum absolute atomic E-state index is 0.00418. The number of ether oxygens (including phenoxy) is 2. The fourth-order valence-corrected chi connectivity index (χ4v) is 3.24. The average molecular weight is 334 g/mol. The van der Waals surface area contributed by atoms with Crippen LogP contribution >= 0.6 is 11.3 Å². The van der Waals surface area contributed by atoms with E-state index in [2.05, 4.69) is 4.98 Å². The molecule has 0 saturated heterocycles. The van der Waals surface area contributed by atoms with E-state index in [1.165, 1.54) is 0 Å². The van der Waals surface area contributed by atoms with Gasteiger partial charge in [-0.2, -0.15) is 0 Å². The smallest absolute Gasteiger partial charge is 0.265 e. The number of benzene rings is 1. The number of β-amino-alcohol motifs (C(OH)–C–C–N with tert-alkyl or cyclic N) is 1. The van der Waals surface area contributed by atoms with Crippen molar-refractivity contribution < 1.29 is 19.4 Å². The number of carbonyl (C=O) groups excluding carboxylic acids is 1. The van der Waals surface area contributed by atoms with Crippen molar-refractivity contribution in [1.29, 1.82) is 0 Å². The topological polar surface area (TPSA) is 71.9 Å². The fourth-order valence-electron chi connectivity index (χ4n) is 2.45. The third-order valence-corrected chi connectivity index (χ3v) is 4.50.